The van der Waals surface area contributed by atoms with E-state index in [1.165, 1.54) is 57.8 Å². The van der Waals surface area contributed by atoms with Gasteiger partial charge in [0.2, 0.25) is 0 Å². The number of esters is 2. The molecule has 0 saturated carbocycles. The third kappa shape index (κ3) is 29.2. The molecule has 0 spiro atoms. The Kier molecular flexibility index (Phi) is 31.8. The Morgan fingerprint density at radius 2 is 1.35 bits per heavy atom. The quantitative estimate of drug-likeness (QED) is 0.0160. The summed E-state index contributed by atoms with van der Waals surface area (Å²) in [6, 6.07) is 0. The fraction of sp³-hybridized carbons (Fsp3) is 0.857. The molecule has 1 aliphatic rings. The van der Waals surface area contributed by atoms with E-state index < -0.39 is 83.0 Å². The van der Waals surface area contributed by atoms with Crippen molar-refractivity contribution >= 4 is 19.8 Å². The summed E-state index contributed by atoms with van der Waals surface area (Å²) in [4.78, 5) is 35.2. The van der Waals surface area contributed by atoms with Crippen LogP contribution >= 0.6 is 7.82 Å². The molecule has 1 aliphatic heterocycles. The van der Waals surface area contributed by atoms with Crippen LogP contribution in [0.15, 0.2) is 24.3 Å². The molecule has 57 heavy (non-hydrogen) atoms. The Morgan fingerprint density at radius 1 is 0.772 bits per heavy atom. The van der Waals surface area contributed by atoms with Crippen molar-refractivity contribution in [1.82, 2.24) is 0 Å². The van der Waals surface area contributed by atoms with Gasteiger partial charge in [-0.15, -0.1) is 0 Å². The minimum absolute atomic E-state index is 0.00758. The van der Waals surface area contributed by atoms with Crippen LogP contribution in [0.25, 0.3) is 0 Å². The number of allylic oxidation sites excluding steroid dienone is 2. The number of carbonyl (C=O) groups is 2. The Hall–Kier alpha value is -1.71. The highest BCUT2D eigenvalue weighted by Gasteiger charge is 2.35. The number of rotatable bonds is 36. The van der Waals surface area contributed by atoms with Gasteiger partial charge in [0, 0.05) is 25.2 Å². The van der Waals surface area contributed by atoms with Crippen LogP contribution < -0.4 is 0 Å². The van der Waals surface area contributed by atoms with E-state index in [4.69, 9.17) is 23.8 Å². The Labute approximate surface area is 342 Å². The number of phosphoric ester groups is 1. The third-order valence-electron chi connectivity index (χ3n) is 9.90. The molecular formula is C42H77O14P. The highest BCUT2D eigenvalue weighted by Crippen LogP contribution is 2.43. The molecule has 1 saturated heterocycles. The third-order valence-corrected chi connectivity index (χ3v) is 10.9. The van der Waals surface area contributed by atoms with Crippen molar-refractivity contribution < 1.29 is 67.8 Å². The normalized spacial score (nSPS) is 21.4. The van der Waals surface area contributed by atoms with E-state index in [1.54, 1.807) is 12.2 Å². The van der Waals surface area contributed by atoms with Gasteiger partial charge in [0.15, 0.2) is 12.4 Å². The van der Waals surface area contributed by atoms with E-state index in [2.05, 4.69) is 18.4 Å². The lowest BCUT2D eigenvalue weighted by Crippen LogP contribution is -2.43. The molecule has 0 bridgehead atoms. The Morgan fingerprint density at radius 3 is 1.98 bits per heavy atom. The van der Waals surface area contributed by atoms with Crippen LogP contribution in [-0.2, 0) is 37.4 Å². The SMILES string of the molecule is CCCCCCCCCCCCCCCC(=O)OC[C@H](COP(=O)(O)OC[C@@H](O)CO)OC(=O)CCC/C=C\C[C@H]1[C@@H](O)CC(O)O[C@@H]1/C=C/[C@@H](O)CCCCC. The number of hydrogen-bond acceptors (Lipinski definition) is 13. The molecule has 1 rings (SSSR count). The van der Waals surface area contributed by atoms with Gasteiger partial charge in [-0.1, -0.05) is 134 Å². The first kappa shape index (κ1) is 53.3. The summed E-state index contributed by atoms with van der Waals surface area (Å²) in [6.45, 7) is 1.96. The van der Waals surface area contributed by atoms with Crippen molar-refractivity contribution in [3.8, 4) is 0 Å². The summed E-state index contributed by atoms with van der Waals surface area (Å²) in [6.07, 6.45) is 21.9. The van der Waals surface area contributed by atoms with E-state index in [-0.39, 0.29) is 25.2 Å². The topological polar surface area (TPSA) is 219 Å². The van der Waals surface area contributed by atoms with E-state index in [9.17, 15) is 39.5 Å². The van der Waals surface area contributed by atoms with Gasteiger partial charge in [0.05, 0.1) is 38.1 Å². The highest BCUT2D eigenvalue weighted by molar-refractivity contribution is 7.47. The van der Waals surface area contributed by atoms with Gasteiger partial charge in [0.1, 0.15) is 12.7 Å². The van der Waals surface area contributed by atoms with Gasteiger partial charge in [-0.3, -0.25) is 18.6 Å². The molecule has 15 heteroatoms. The van der Waals surface area contributed by atoms with Gasteiger partial charge in [-0.2, -0.15) is 0 Å². The first-order valence-corrected chi connectivity index (χ1v) is 23.2. The molecule has 0 aliphatic carbocycles. The molecule has 0 radical (unpaired) electrons. The van der Waals surface area contributed by atoms with Gasteiger partial charge < -0.3 is 44.6 Å². The minimum atomic E-state index is -4.69. The minimum Gasteiger partial charge on any atom is -0.462 e. The summed E-state index contributed by atoms with van der Waals surface area (Å²) in [5.74, 6) is -1.45. The van der Waals surface area contributed by atoms with Crippen molar-refractivity contribution in [1.29, 1.82) is 0 Å². The Bertz CT molecular complexity index is 1120. The molecule has 334 valence electrons. The maximum Gasteiger partial charge on any atom is 0.472 e. The van der Waals surface area contributed by atoms with Crippen molar-refractivity contribution in [2.24, 2.45) is 5.92 Å². The van der Waals surface area contributed by atoms with Crippen molar-refractivity contribution in [3.63, 3.8) is 0 Å². The van der Waals surface area contributed by atoms with E-state index in [0.717, 1.165) is 38.5 Å². The van der Waals surface area contributed by atoms with Crippen LogP contribution in [0.1, 0.15) is 162 Å². The number of aliphatic hydroxyl groups excluding tert-OH is 5. The molecule has 14 nitrogen and oxygen atoms in total. The van der Waals surface area contributed by atoms with Gasteiger partial charge in [-0.25, -0.2) is 4.57 Å². The van der Waals surface area contributed by atoms with Crippen molar-refractivity contribution in [2.75, 3.05) is 26.4 Å². The molecule has 0 aromatic heterocycles. The molecule has 2 unspecified atom stereocenters. The summed E-state index contributed by atoms with van der Waals surface area (Å²) in [7, 11) is -4.69. The fourth-order valence-corrected chi connectivity index (χ4v) is 7.23. The number of ether oxygens (including phenoxy) is 3. The summed E-state index contributed by atoms with van der Waals surface area (Å²) >= 11 is 0. The van der Waals surface area contributed by atoms with Crippen LogP contribution in [0.2, 0.25) is 0 Å². The zero-order chi connectivity index (χ0) is 42.2. The second-order valence-electron chi connectivity index (χ2n) is 15.3. The lowest BCUT2D eigenvalue weighted by Gasteiger charge is -2.36. The molecule has 6 N–H and O–H groups in total. The van der Waals surface area contributed by atoms with Crippen LogP contribution in [0.3, 0.4) is 0 Å². The highest BCUT2D eigenvalue weighted by atomic mass is 31.2. The summed E-state index contributed by atoms with van der Waals surface area (Å²) in [5, 5.41) is 49.3. The predicted molar refractivity (Wildman–Crippen MR) is 218 cm³/mol. The monoisotopic (exact) mass is 837 g/mol. The van der Waals surface area contributed by atoms with Crippen LogP contribution in [-0.4, -0.2) is 106 Å². The predicted octanol–water partition coefficient (Wildman–Crippen LogP) is 7.11. The second kappa shape index (κ2) is 34.0. The number of carbonyl (C=O) groups excluding carboxylic acids is 2. The number of unbranched alkanes of at least 4 members (excludes halogenated alkanes) is 15. The van der Waals surface area contributed by atoms with Gasteiger partial charge in [-0.05, 0) is 32.1 Å². The average Bonchev–Trinajstić information content (AvgIpc) is 3.18. The molecule has 0 aromatic carbocycles. The first-order chi connectivity index (χ1) is 27.4. The zero-order valence-corrected chi connectivity index (χ0v) is 35.7. The zero-order valence-electron chi connectivity index (χ0n) is 34.8. The van der Waals surface area contributed by atoms with Crippen LogP contribution in [0.5, 0.6) is 0 Å². The standard InChI is InChI=1S/C42H77O14P/c1-3-5-7-8-9-10-11-12-13-14-15-16-21-25-40(47)52-32-36(33-54-57(50,51)53-31-35(45)30-43)55-41(48)26-22-18-17-20-24-37-38(46)29-42(49)56-39(37)28-27-34(44)23-19-6-4-2/h17,20,27-28,34-39,42-46,49H,3-16,18-19,21-26,29-33H2,1-2H3,(H,50,51)/b20-17-,28-27+/t34-,35-,36+,37-,38-,39+,42?/m0/s1. The number of phosphoric acid groups is 1. The van der Waals surface area contributed by atoms with E-state index in [1.807, 2.05) is 12.2 Å². The van der Waals surface area contributed by atoms with E-state index >= 15 is 0 Å². The first-order valence-electron chi connectivity index (χ1n) is 21.7. The second-order valence-corrected chi connectivity index (χ2v) is 16.7. The van der Waals surface area contributed by atoms with Gasteiger partial charge in [0.25, 0.3) is 0 Å². The van der Waals surface area contributed by atoms with Gasteiger partial charge >= 0.3 is 19.8 Å². The van der Waals surface area contributed by atoms with E-state index in [0.29, 0.717) is 32.1 Å². The lowest BCUT2D eigenvalue weighted by molar-refractivity contribution is -0.199. The van der Waals surface area contributed by atoms with Crippen molar-refractivity contribution in [2.45, 2.75) is 198 Å². The molecular weight excluding hydrogens is 759 g/mol. The summed E-state index contributed by atoms with van der Waals surface area (Å²) < 4.78 is 38.3. The smallest absolute Gasteiger partial charge is 0.462 e. The number of hydrogen-bond donors (Lipinski definition) is 6. The average molecular weight is 837 g/mol. The lowest BCUT2D eigenvalue weighted by atomic mass is 9.87. The maximum absolute atomic E-state index is 12.7. The Balaban J connectivity index is 2.53. The molecule has 0 aromatic rings. The molecule has 1 fully saturated rings. The fourth-order valence-electron chi connectivity index (χ4n) is 6.44. The largest absolute Gasteiger partial charge is 0.472 e. The molecule has 0 amide bonds. The summed E-state index contributed by atoms with van der Waals surface area (Å²) in [5.41, 5.74) is 0. The molecule has 8 atom stereocenters. The van der Waals surface area contributed by atoms with Crippen LogP contribution in [0, 0.1) is 5.92 Å². The van der Waals surface area contributed by atoms with Crippen molar-refractivity contribution in [3.05, 3.63) is 24.3 Å². The number of aliphatic hydroxyl groups is 5. The van der Waals surface area contributed by atoms with Crippen LogP contribution in [0.4, 0.5) is 0 Å². The maximum atomic E-state index is 12.7. The molecule has 1 heterocycles.